The first kappa shape index (κ1) is 25.0. The van der Waals surface area contributed by atoms with Gasteiger partial charge in [-0.2, -0.15) is 0 Å². The molecule has 2 bridgehead atoms. The first-order valence-electron chi connectivity index (χ1n) is 12.4. The van der Waals surface area contributed by atoms with E-state index in [-0.39, 0.29) is 30.2 Å². The molecular weight excluding hydrogens is 410 g/mol. The van der Waals surface area contributed by atoms with Crippen molar-refractivity contribution in [2.24, 2.45) is 17.8 Å². The van der Waals surface area contributed by atoms with Crippen LogP contribution in [0.4, 0.5) is 0 Å². The molecule has 0 radical (unpaired) electrons. The first-order valence-corrected chi connectivity index (χ1v) is 12.4. The van der Waals surface area contributed by atoms with Crippen LogP contribution in [0.15, 0.2) is 0 Å². The van der Waals surface area contributed by atoms with E-state index in [4.69, 9.17) is 4.74 Å². The number of unbranched alkanes of at least 4 members (excludes halogenated alkanes) is 1. The number of aliphatic hydroxyl groups is 1. The van der Waals surface area contributed by atoms with Crippen molar-refractivity contribution in [1.29, 1.82) is 0 Å². The molecule has 3 rings (SSSR count). The third-order valence-corrected chi connectivity index (χ3v) is 7.47. The van der Waals surface area contributed by atoms with Crippen molar-refractivity contribution in [1.82, 2.24) is 15.5 Å². The van der Waals surface area contributed by atoms with Crippen LogP contribution in [0.1, 0.15) is 73.1 Å². The molecule has 32 heavy (non-hydrogen) atoms. The smallest absolute Gasteiger partial charge is 0.245 e. The van der Waals surface area contributed by atoms with Gasteiger partial charge in [0.1, 0.15) is 11.6 Å². The summed E-state index contributed by atoms with van der Waals surface area (Å²) in [6, 6.07) is -1.32. The summed E-state index contributed by atoms with van der Waals surface area (Å²) < 4.78 is 6.56. The highest BCUT2D eigenvalue weighted by atomic mass is 16.5. The second kappa shape index (κ2) is 9.67. The Morgan fingerprint density at radius 3 is 2.44 bits per heavy atom. The van der Waals surface area contributed by atoms with Gasteiger partial charge < -0.3 is 25.4 Å². The fourth-order valence-corrected chi connectivity index (χ4v) is 6.12. The van der Waals surface area contributed by atoms with Gasteiger partial charge in [0.15, 0.2) is 0 Å². The van der Waals surface area contributed by atoms with Gasteiger partial charge in [0.25, 0.3) is 0 Å². The Hall–Kier alpha value is -1.67. The van der Waals surface area contributed by atoms with Gasteiger partial charge in [-0.25, -0.2) is 0 Å². The number of ether oxygens (including phenoxy) is 1. The van der Waals surface area contributed by atoms with Crippen molar-refractivity contribution in [3.63, 3.8) is 0 Å². The van der Waals surface area contributed by atoms with E-state index in [1.807, 2.05) is 27.7 Å². The minimum Gasteiger partial charge on any atom is -0.394 e. The number of nitrogens with one attached hydrogen (secondary N) is 2. The molecule has 3 saturated heterocycles. The first-order chi connectivity index (χ1) is 15.2. The summed E-state index contributed by atoms with van der Waals surface area (Å²) in [6.45, 7) is 10.8. The number of aliphatic hydroxyl groups excluding tert-OH is 1. The fraction of sp³-hybridized carbons (Fsp3) is 0.875. The molecule has 3 fully saturated rings. The number of hydrogen-bond acceptors (Lipinski definition) is 5. The largest absolute Gasteiger partial charge is 0.394 e. The Balaban J connectivity index is 2.01. The molecule has 0 aliphatic carbocycles. The number of carbonyl (C=O) groups is 3. The highest BCUT2D eigenvalue weighted by Crippen LogP contribution is 2.63. The summed E-state index contributed by atoms with van der Waals surface area (Å²) in [5.74, 6) is -1.76. The molecule has 3 aliphatic rings. The van der Waals surface area contributed by atoms with Crippen LogP contribution < -0.4 is 10.6 Å². The van der Waals surface area contributed by atoms with E-state index in [1.165, 1.54) is 0 Å². The lowest BCUT2D eigenvalue weighted by Crippen LogP contribution is -2.58. The molecule has 0 saturated carbocycles. The molecule has 8 heteroatoms. The van der Waals surface area contributed by atoms with Crippen LogP contribution in [-0.4, -0.2) is 70.7 Å². The molecule has 3 heterocycles. The second-order valence-electron chi connectivity index (χ2n) is 10.4. The quantitative estimate of drug-likeness (QED) is 0.414. The van der Waals surface area contributed by atoms with Crippen molar-refractivity contribution < 1.29 is 24.2 Å². The maximum absolute atomic E-state index is 13.9. The SMILES string of the molecule is CCCCNC(=O)C1N([C@@H](CO)CC(C)C)C(=O)[C@@H]2[C@H](C(=O)NCCC)[C@]3(C)CCC12O3. The minimum absolute atomic E-state index is 0.175. The van der Waals surface area contributed by atoms with Crippen LogP contribution in [0.25, 0.3) is 0 Å². The topological polar surface area (TPSA) is 108 Å². The van der Waals surface area contributed by atoms with Gasteiger partial charge in [0.2, 0.25) is 17.7 Å². The van der Waals surface area contributed by atoms with Crippen molar-refractivity contribution in [3.8, 4) is 0 Å². The van der Waals surface area contributed by atoms with E-state index in [9.17, 15) is 19.5 Å². The standard InChI is InChI=1S/C24H41N3O5/c1-6-8-12-26-21(30)19-24-10-9-23(5,32-24)17(20(29)25-11-7-2)18(24)22(31)27(19)16(14-28)13-15(3)4/h15-19,28H,6-14H2,1-5H3,(H,25,29)(H,26,30)/t16-,17-,18+,19?,23+,24?/m1/s1. The van der Waals surface area contributed by atoms with E-state index >= 15 is 0 Å². The monoisotopic (exact) mass is 451 g/mol. The second-order valence-corrected chi connectivity index (χ2v) is 10.4. The Bertz CT molecular complexity index is 728. The molecule has 6 atom stereocenters. The number of hydrogen-bond donors (Lipinski definition) is 3. The zero-order valence-corrected chi connectivity index (χ0v) is 20.3. The van der Waals surface area contributed by atoms with E-state index in [2.05, 4.69) is 17.6 Å². The van der Waals surface area contributed by atoms with Crippen LogP contribution in [0.5, 0.6) is 0 Å². The molecule has 0 aromatic rings. The zero-order chi connectivity index (χ0) is 23.7. The lowest BCUT2D eigenvalue weighted by molar-refractivity contribution is -0.150. The predicted molar refractivity (Wildman–Crippen MR) is 121 cm³/mol. The number of rotatable bonds is 11. The summed E-state index contributed by atoms with van der Waals surface area (Å²) in [5, 5.41) is 16.1. The fourth-order valence-electron chi connectivity index (χ4n) is 6.12. The van der Waals surface area contributed by atoms with E-state index in [0.717, 1.165) is 19.3 Å². The molecule has 182 valence electrons. The Labute approximate surface area is 191 Å². The van der Waals surface area contributed by atoms with Gasteiger partial charge in [-0.1, -0.05) is 34.1 Å². The molecule has 1 spiro atoms. The summed E-state index contributed by atoms with van der Waals surface area (Å²) in [7, 11) is 0. The average Bonchev–Trinajstić information content (AvgIpc) is 3.31. The van der Waals surface area contributed by atoms with Crippen LogP contribution >= 0.6 is 0 Å². The summed E-state index contributed by atoms with van der Waals surface area (Å²) in [5.41, 5.74) is -1.79. The number of nitrogens with zero attached hydrogens (tertiary/aromatic N) is 1. The lowest BCUT2D eigenvalue weighted by Gasteiger charge is -2.37. The lowest BCUT2D eigenvalue weighted by atomic mass is 9.66. The molecule has 0 aromatic carbocycles. The summed E-state index contributed by atoms with van der Waals surface area (Å²) in [6.07, 6.45) is 4.35. The predicted octanol–water partition coefficient (Wildman–Crippen LogP) is 1.60. The molecule has 3 aliphatic heterocycles. The van der Waals surface area contributed by atoms with Crippen LogP contribution in [0.2, 0.25) is 0 Å². The summed E-state index contributed by atoms with van der Waals surface area (Å²) in [4.78, 5) is 42.1. The molecule has 8 nitrogen and oxygen atoms in total. The molecule has 3 N–H and O–H groups in total. The van der Waals surface area contributed by atoms with E-state index < -0.39 is 35.1 Å². The van der Waals surface area contributed by atoms with Crippen LogP contribution in [0, 0.1) is 17.8 Å². The van der Waals surface area contributed by atoms with Crippen LogP contribution in [0.3, 0.4) is 0 Å². The van der Waals surface area contributed by atoms with Gasteiger partial charge in [-0.05, 0) is 44.9 Å². The zero-order valence-electron chi connectivity index (χ0n) is 20.3. The molecule has 0 aromatic heterocycles. The van der Waals surface area contributed by atoms with E-state index in [1.54, 1.807) is 4.90 Å². The number of fused-ring (bicyclic) bond motifs is 1. The van der Waals surface area contributed by atoms with Crippen molar-refractivity contribution >= 4 is 17.7 Å². The number of carbonyl (C=O) groups excluding carboxylic acids is 3. The van der Waals surface area contributed by atoms with Crippen LogP contribution in [-0.2, 0) is 19.1 Å². The number of likely N-dealkylation sites (tertiary alicyclic amines) is 1. The highest BCUT2D eigenvalue weighted by molar-refractivity contribution is 5.99. The normalized spacial score (nSPS) is 34.2. The average molecular weight is 452 g/mol. The Morgan fingerprint density at radius 1 is 1.16 bits per heavy atom. The van der Waals surface area contributed by atoms with E-state index in [0.29, 0.717) is 32.4 Å². The van der Waals surface area contributed by atoms with Gasteiger partial charge in [0, 0.05) is 13.1 Å². The molecular formula is C24H41N3O5. The number of amides is 3. The van der Waals surface area contributed by atoms with Gasteiger partial charge in [-0.3, -0.25) is 14.4 Å². The Kier molecular flexibility index (Phi) is 7.55. The van der Waals surface area contributed by atoms with Gasteiger partial charge in [0.05, 0.1) is 30.1 Å². The van der Waals surface area contributed by atoms with Crippen molar-refractivity contribution in [2.45, 2.75) is 96.4 Å². The van der Waals surface area contributed by atoms with Gasteiger partial charge in [-0.15, -0.1) is 0 Å². The summed E-state index contributed by atoms with van der Waals surface area (Å²) >= 11 is 0. The maximum Gasteiger partial charge on any atom is 0.245 e. The Morgan fingerprint density at radius 2 is 1.84 bits per heavy atom. The minimum atomic E-state index is -1.03. The third kappa shape index (κ3) is 4.04. The van der Waals surface area contributed by atoms with Crippen molar-refractivity contribution in [3.05, 3.63) is 0 Å². The molecule has 3 amide bonds. The van der Waals surface area contributed by atoms with Gasteiger partial charge >= 0.3 is 0 Å². The highest BCUT2D eigenvalue weighted by Gasteiger charge is 2.78. The molecule has 2 unspecified atom stereocenters. The third-order valence-electron chi connectivity index (χ3n) is 7.47. The van der Waals surface area contributed by atoms with Crippen molar-refractivity contribution in [2.75, 3.05) is 19.7 Å². The maximum atomic E-state index is 13.9.